The fourth-order valence-corrected chi connectivity index (χ4v) is 1.88. The summed E-state index contributed by atoms with van der Waals surface area (Å²) in [5.74, 6) is 0.0103. The van der Waals surface area contributed by atoms with Crippen LogP contribution in [-0.2, 0) is 11.3 Å². The SMILES string of the molecule is BCC(B)C(C)(C)C(=O)N(O)Cc1ccccc1. The molecule has 0 saturated heterocycles. The summed E-state index contributed by atoms with van der Waals surface area (Å²) in [6.07, 6.45) is 0.915. The van der Waals surface area contributed by atoms with Gasteiger partial charge in [-0.25, -0.2) is 5.06 Å². The van der Waals surface area contributed by atoms with E-state index in [0.717, 1.165) is 16.9 Å². The molecule has 0 aliphatic rings. The summed E-state index contributed by atoms with van der Waals surface area (Å²) >= 11 is 0. The van der Waals surface area contributed by atoms with Crippen molar-refractivity contribution in [3.8, 4) is 0 Å². The molecular formula is C13H21B2NO2. The van der Waals surface area contributed by atoms with E-state index in [-0.39, 0.29) is 18.3 Å². The predicted octanol–water partition coefficient (Wildman–Crippen LogP) is 0.904. The van der Waals surface area contributed by atoms with Crippen LogP contribution in [0.25, 0.3) is 0 Å². The maximum absolute atomic E-state index is 12.2. The van der Waals surface area contributed by atoms with Crippen LogP contribution in [0, 0.1) is 5.41 Å². The molecule has 0 bridgehead atoms. The van der Waals surface area contributed by atoms with Crippen LogP contribution in [0.5, 0.6) is 0 Å². The van der Waals surface area contributed by atoms with E-state index in [2.05, 4.69) is 7.85 Å². The Balaban J connectivity index is 2.73. The monoisotopic (exact) mass is 245 g/mol. The van der Waals surface area contributed by atoms with Crippen molar-refractivity contribution in [2.45, 2.75) is 32.5 Å². The summed E-state index contributed by atoms with van der Waals surface area (Å²) in [6, 6.07) is 9.50. The van der Waals surface area contributed by atoms with Gasteiger partial charge in [-0.3, -0.25) is 10.0 Å². The van der Waals surface area contributed by atoms with Crippen LogP contribution in [0.4, 0.5) is 0 Å². The molecule has 0 saturated carbocycles. The van der Waals surface area contributed by atoms with Crippen molar-refractivity contribution >= 4 is 21.6 Å². The first-order valence-corrected chi connectivity index (χ1v) is 6.44. The van der Waals surface area contributed by atoms with Crippen LogP contribution in [0.3, 0.4) is 0 Å². The van der Waals surface area contributed by atoms with Crippen LogP contribution >= 0.6 is 0 Å². The average Bonchev–Trinajstić information content (AvgIpc) is 2.37. The van der Waals surface area contributed by atoms with E-state index in [1.54, 1.807) is 0 Å². The Labute approximate surface area is 111 Å². The zero-order chi connectivity index (χ0) is 13.8. The van der Waals surface area contributed by atoms with Gasteiger partial charge in [-0.2, -0.15) is 0 Å². The number of carbonyl (C=O) groups excluding carboxylic acids is 1. The Hall–Kier alpha value is -1.22. The van der Waals surface area contributed by atoms with Crippen LogP contribution in [-0.4, -0.2) is 31.9 Å². The van der Waals surface area contributed by atoms with Gasteiger partial charge >= 0.3 is 0 Å². The summed E-state index contributed by atoms with van der Waals surface area (Å²) < 4.78 is 0. The molecular weight excluding hydrogens is 224 g/mol. The second-order valence-electron chi connectivity index (χ2n) is 5.38. The maximum atomic E-state index is 12.2. The van der Waals surface area contributed by atoms with Crippen molar-refractivity contribution < 1.29 is 10.0 Å². The number of benzene rings is 1. The number of hydrogen-bond donors (Lipinski definition) is 1. The predicted molar refractivity (Wildman–Crippen MR) is 78.2 cm³/mol. The van der Waals surface area contributed by atoms with Crippen molar-refractivity contribution in [3.05, 3.63) is 35.9 Å². The van der Waals surface area contributed by atoms with E-state index < -0.39 is 5.41 Å². The Morgan fingerprint density at radius 1 is 1.39 bits per heavy atom. The first-order valence-electron chi connectivity index (χ1n) is 6.44. The van der Waals surface area contributed by atoms with Gasteiger partial charge in [0.15, 0.2) is 0 Å². The second kappa shape index (κ2) is 6.10. The summed E-state index contributed by atoms with van der Waals surface area (Å²) in [5, 5.41) is 10.8. The number of carbonyl (C=O) groups is 1. The lowest BCUT2D eigenvalue weighted by Crippen LogP contribution is -2.41. The molecule has 3 nitrogen and oxygen atoms in total. The number of nitrogens with zero attached hydrogens (tertiary/aromatic N) is 1. The largest absolute Gasteiger partial charge is 0.286 e. The minimum atomic E-state index is -0.543. The third kappa shape index (κ3) is 3.39. The van der Waals surface area contributed by atoms with Crippen LogP contribution in [0.1, 0.15) is 19.4 Å². The molecule has 1 rings (SSSR count). The van der Waals surface area contributed by atoms with Gasteiger partial charge in [0, 0.05) is 5.41 Å². The highest BCUT2D eigenvalue weighted by atomic mass is 16.5. The van der Waals surface area contributed by atoms with Crippen molar-refractivity contribution in [1.29, 1.82) is 0 Å². The average molecular weight is 245 g/mol. The minimum absolute atomic E-state index is 0.222. The van der Waals surface area contributed by atoms with E-state index in [9.17, 15) is 10.0 Å². The van der Waals surface area contributed by atoms with Gasteiger partial charge in [0.25, 0.3) is 5.91 Å². The lowest BCUT2D eigenvalue weighted by atomic mass is 9.61. The molecule has 0 spiro atoms. The van der Waals surface area contributed by atoms with Crippen LogP contribution in [0.2, 0.25) is 12.1 Å². The van der Waals surface area contributed by atoms with Gasteiger partial charge in [0.05, 0.1) is 6.54 Å². The minimum Gasteiger partial charge on any atom is -0.286 e. The molecule has 0 aromatic heterocycles. The summed E-state index contributed by atoms with van der Waals surface area (Å²) in [6.45, 7) is 4.01. The molecule has 5 heteroatoms. The van der Waals surface area contributed by atoms with Crippen molar-refractivity contribution in [2.24, 2.45) is 5.41 Å². The standard InChI is InChI=1S/C13H21B2NO2/c1-13(2,11(15)8-14)12(17)16(18)9-10-6-4-3-5-7-10/h3-7,11,18H,8-9,14-15H2,1-2H3. The Morgan fingerprint density at radius 2 is 1.94 bits per heavy atom. The Bertz CT molecular complexity index is 395. The molecule has 0 aliphatic carbocycles. The number of rotatable bonds is 5. The van der Waals surface area contributed by atoms with Gasteiger partial charge in [-0.05, 0) is 5.56 Å². The number of hydroxylamine groups is 2. The Morgan fingerprint density at radius 3 is 2.44 bits per heavy atom. The summed E-state index contributed by atoms with van der Waals surface area (Å²) in [5.41, 5.74) is 0.381. The number of hydrogen-bond acceptors (Lipinski definition) is 2. The van der Waals surface area contributed by atoms with E-state index in [1.165, 1.54) is 0 Å². The van der Waals surface area contributed by atoms with Gasteiger partial charge in [-0.15, -0.1) is 0 Å². The first-order chi connectivity index (χ1) is 8.39. The zero-order valence-electron chi connectivity index (χ0n) is 11.7. The lowest BCUT2D eigenvalue weighted by Gasteiger charge is -2.33. The van der Waals surface area contributed by atoms with E-state index >= 15 is 0 Å². The molecule has 1 aromatic rings. The number of amides is 1. The molecule has 1 aromatic carbocycles. The molecule has 1 atom stereocenters. The second-order valence-corrected chi connectivity index (χ2v) is 5.38. The fourth-order valence-electron chi connectivity index (χ4n) is 1.88. The maximum Gasteiger partial charge on any atom is 0.251 e. The van der Waals surface area contributed by atoms with Crippen molar-refractivity contribution in [2.75, 3.05) is 0 Å². The van der Waals surface area contributed by atoms with E-state index in [1.807, 2.05) is 52.0 Å². The summed E-state index contributed by atoms with van der Waals surface area (Å²) in [4.78, 5) is 12.2. The lowest BCUT2D eigenvalue weighted by molar-refractivity contribution is -0.178. The summed E-state index contributed by atoms with van der Waals surface area (Å²) in [7, 11) is 4.09. The van der Waals surface area contributed by atoms with Gasteiger partial charge in [0.2, 0.25) is 0 Å². The first kappa shape index (κ1) is 14.8. The van der Waals surface area contributed by atoms with Gasteiger partial charge < -0.3 is 0 Å². The molecule has 0 radical (unpaired) electrons. The van der Waals surface area contributed by atoms with Crippen LogP contribution < -0.4 is 0 Å². The molecule has 1 N–H and O–H groups in total. The third-order valence-corrected chi connectivity index (χ3v) is 3.81. The zero-order valence-corrected chi connectivity index (χ0v) is 11.7. The highest BCUT2D eigenvalue weighted by Gasteiger charge is 2.35. The molecule has 0 aliphatic heterocycles. The molecule has 1 amide bonds. The van der Waals surface area contributed by atoms with Crippen LogP contribution in [0.15, 0.2) is 30.3 Å². The van der Waals surface area contributed by atoms with Gasteiger partial charge in [-0.1, -0.05) is 56.3 Å². The smallest absolute Gasteiger partial charge is 0.251 e. The van der Waals surface area contributed by atoms with E-state index in [0.29, 0.717) is 0 Å². The fraction of sp³-hybridized carbons (Fsp3) is 0.462. The normalized spacial score (nSPS) is 13.1. The Kier molecular flexibility index (Phi) is 5.03. The quantitative estimate of drug-likeness (QED) is 0.475. The molecule has 18 heavy (non-hydrogen) atoms. The molecule has 1 unspecified atom stereocenters. The van der Waals surface area contributed by atoms with E-state index in [4.69, 9.17) is 0 Å². The van der Waals surface area contributed by atoms with Crippen molar-refractivity contribution in [3.63, 3.8) is 0 Å². The molecule has 96 valence electrons. The molecule has 0 heterocycles. The topological polar surface area (TPSA) is 40.5 Å². The van der Waals surface area contributed by atoms with Crippen molar-refractivity contribution in [1.82, 2.24) is 5.06 Å². The highest BCUT2D eigenvalue weighted by molar-refractivity contribution is 6.20. The highest BCUT2D eigenvalue weighted by Crippen LogP contribution is 2.33. The molecule has 0 fully saturated rings. The third-order valence-electron chi connectivity index (χ3n) is 3.81. The van der Waals surface area contributed by atoms with Gasteiger partial charge in [0.1, 0.15) is 15.7 Å².